The van der Waals surface area contributed by atoms with Crippen LogP contribution in [0.5, 0.6) is 0 Å². The molecule has 0 saturated carbocycles. The van der Waals surface area contributed by atoms with Gasteiger partial charge in [-0.25, -0.2) is 4.98 Å². The van der Waals surface area contributed by atoms with Gasteiger partial charge in [0.1, 0.15) is 11.8 Å². The number of aryl methyl sites for hydroxylation is 1. The zero-order chi connectivity index (χ0) is 16.5. The Hall–Kier alpha value is -1.96. The SMILES string of the molecule is Cc1noc([C@H]2OCC[C@H]2CNCc2cnc3ccc(Cl)cn23)n1. The van der Waals surface area contributed by atoms with Crippen LogP contribution in [-0.2, 0) is 11.3 Å². The van der Waals surface area contributed by atoms with Gasteiger partial charge >= 0.3 is 0 Å². The van der Waals surface area contributed by atoms with E-state index in [1.165, 1.54) is 0 Å². The van der Waals surface area contributed by atoms with Crippen LogP contribution in [0.2, 0.25) is 5.02 Å². The minimum atomic E-state index is -0.129. The van der Waals surface area contributed by atoms with E-state index in [1.807, 2.05) is 35.9 Å². The molecule has 1 aliphatic heterocycles. The molecule has 0 amide bonds. The first-order chi connectivity index (χ1) is 11.7. The van der Waals surface area contributed by atoms with Crippen molar-refractivity contribution in [3.8, 4) is 0 Å². The third-order valence-corrected chi connectivity index (χ3v) is 4.48. The van der Waals surface area contributed by atoms with Crippen LogP contribution in [0.25, 0.3) is 5.65 Å². The first-order valence-corrected chi connectivity index (χ1v) is 8.32. The van der Waals surface area contributed by atoms with Crippen molar-refractivity contribution in [2.45, 2.75) is 26.0 Å². The summed E-state index contributed by atoms with van der Waals surface area (Å²) >= 11 is 6.07. The number of aromatic nitrogens is 4. The maximum Gasteiger partial charge on any atom is 0.256 e. The van der Waals surface area contributed by atoms with Gasteiger partial charge in [-0.2, -0.15) is 4.98 Å². The van der Waals surface area contributed by atoms with E-state index in [0.29, 0.717) is 35.8 Å². The lowest BCUT2D eigenvalue weighted by molar-refractivity contribution is 0.0623. The maximum atomic E-state index is 6.07. The summed E-state index contributed by atoms with van der Waals surface area (Å²) in [6.07, 6.45) is 4.58. The molecule has 0 radical (unpaired) electrons. The maximum absolute atomic E-state index is 6.07. The molecule has 126 valence electrons. The Morgan fingerprint density at radius 1 is 1.42 bits per heavy atom. The molecule has 0 aliphatic carbocycles. The second-order valence-electron chi connectivity index (χ2n) is 5.98. The summed E-state index contributed by atoms with van der Waals surface area (Å²) in [6.45, 7) is 4.03. The average Bonchev–Trinajstić information content (AvgIpc) is 3.28. The van der Waals surface area contributed by atoms with Gasteiger partial charge in [0.25, 0.3) is 5.89 Å². The van der Waals surface area contributed by atoms with Crippen LogP contribution in [0.3, 0.4) is 0 Å². The highest BCUT2D eigenvalue weighted by atomic mass is 35.5. The lowest BCUT2D eigenvalue weighted by Crippen LogP contribution is -2.25. The number of hydrogen-bond acceptors (Lipinski definition) is 6. The minimum absolute atomic E-state index is 0.129. The van der Waals surface area contributed by atoms with Gasteiger partial charge in [-0.1, -0.05) is 16.8 Å². The first kappa shape index (κ1) is 15.6. The van der Waals surface area contributed by atoms with E-state index in [2.05, 4.69) is 20.4 Å². The average molecular weight is 348 g/mol. The number of imidazole rings is 1. The first-order valence-electron chi connectivity index (χ1n) is 7.95. The third kappa shape index (κ3) is 3.02. The molecule has 7 nitrogen and oxygen atoms in total. The number of ether oxygens (including phenoxy) is 1. The van der Waals surface area contributed by atoms with Crippen LogP contribution >= 0.6 is 11.6 Å². The number of hydrogen-bond donors (Lipinski definition) is 1. The summed E-state index contributed by atoms with van der Waals surface area (Å²) in [5, 5.41) is 8.01. The molecule has 1 aliphatic rings. The van der Waals surface area contributed by atoms with Crippen molar-refractivity contribution in [3.63, 3.8) is 0 Å². The molecular weight excluding hydrogens is 330 g/mol. The Labute approximate surface area is 144 Å². The zero-order valence-corrected chi connectivity index (χ0v) is 14.0. The molecule has 3 aromatic heterocycles. The topological polar surface area (TPSA) is 77.5 Å². The van der Waals surface area contributed by atoms with E-state index in [1.54, 1.807) is 0 Å². The molecular formula is C16H18ClN5O2. The van der Waals surface area contributed by atoms with Crippen LogP contribution < -0.4 is 5.32 Å². The quantitative estimate of drug-likeness (QED) is 0.764. The summed E-state index contributed by atoms with van der Waals surface area (Å²) in [7, 11) is 0. The summed E-state index contributed by atoms with van der Waals surface area (Å²) in [6, 6.07) is 3.75. The Morgan fingerprint density at radius 2 is 2.33 bits per heavy atom. The van der Waals surface area contributed by atoms with E-state index in [4.69, 9.17) is 20.9 Å². The fourth-order valence-corrected chi connectivity index (χ4v) is 3.23. The van der Waals surface area contributed by atoms with Crippen molar-refractivity contribution in [1.82, 2.24) is 24.8 Å². The molecule has 0 unspecified atom stereocenters. The molecule has 4 heterocycles. The highest BCUT2D eigenvalue weighted by Crippen LogP contribution is 2.33. The predicted molar refractivity (Wildman–Crippen MR) is 87.7 cm³/mol. The normalized spacial score (nSPS) is 20.9. The van der Waals surface area contributed by atoms with Gasteiger partial charge in [0.2, 0.25) is 0 Å². The second-order valence-corrected chi connectivity index (χ2v) is 6.41. The molecule has 0 aromatic carbocycles. The van der Waals surface area contributed by atoms with Crippen molar-refractivity contribution in [2.75, 3.05) is 13.2 Å². The molecule has 24 heavy (non-hydrogen) atoms. The molecule has 3 aromatic rings. The van der Waals surface area contributed by atoms with Gasteiger partial charge in [0, 0.05) is 31.8 Å². The summed E-state index contributed by atoms with van der Waals surface area (Å²) in [4.78, 5) is 8.67. The Balaban J connectivity index is 1.40. The smallest absolute Gasteiger partial charge is 0.256 e. The van der Waals surface area contributed by atoms with Crippen molar-refractivity contribution < 1.29 is 9.26 Å². The van der Waals surface area contributed by atoms with Gasteiger partial charge in [-0.3, -0.25) is 0 Å². The van der Waals surface area contributed by atoms with E-state index < -0.39 is 0 Å². The van der Waals surface area contributed by atoms with Crippen molar-refractivity contribution in [1.29, 1.82) is 0 Å². The highest BCUT2D eigenvalue weighted by Gasteiger charge is 2.33. The largest absolute Gasteiger partial charge is 0.368 e. The predicted octanol–water partition coefficient (Wildman–Crippen LogP) is 2.55. The van der Waals surface area contributed by atoms with Crippen LogP contribution in [0.15, 0.2) is 29.0 Å². The van der Waals surface area contributed by atoms with E-state index in [0.717, 1.165) is 24.3 Å². The number of nitrogens with zero attached hydrogens (tertiary/aromatic N) is 4. The molecule has 4 rings (SSSR count). The van der Waals surface area contributed by atoms with Gasteiger partial charge in [-0.05, 0) is 25.5 Å². The molecule has 0 bridgehead atoms. The number of halogens is 1. The molecule has 8 heteroatoms. The van der Waals surface area contributed by atoms with Crippen LogP contribution in [0, 0.1) is 12.8 Å². The third-order valence-electron chi connectivity index (χ3n) is 4.26. The zero-order valence-electron chi connectivity index (χ0n) is 13.3. The second kappa shape index (κ2) is 6.51. The number of fused-ring (bicyclic) bond motifs is 1. The van der Waals surface area contributed by atoms with Crippen molar-refractivity contribution >= 4 is 17.2 Å². The van der Waals surface area contributed by atoms with Gasteiger partial charge in [0.05, 0.1) is 16.9 Å². The molecule has 2 atom stereocenters. The number of rotatable bonds is 5. The number of nitrogens with one attached hydrogen (secondary N) is 1. The van der Waals surface area contributed by atoms with Gasteiger partial charge < -0.3 is 19.0 Å². The Bertz CT molecular complexity index is 846. The Morgan fingerprint density at radius 3 is 3.17 bits per heavy atom. The fourth-order valence-electron chi connectivity index (χ4n) is 3.07. The molecule has 0 spiro atoms. The van der Waals surface area contributed by atoms with Crippen molar-refractivity contribution in [3.05, 3.63) is 47.0 Å². The molecule has 1 fully saturated rings. The van der Waals surface area contributed by atoms with Gasteiger partial charge in [0.15, 0.2) is 5.82 Å². The van der Waals surface area contributed by atoms with Crippen molar-refractivity contribution in [2.24, 2.45) is 5.92 Å². The lowest BCUT2D eigenvalue weighted by Gasteiger charge is -2.15. The fraction of sp³-hybridized carbons (Fsp3) is 0.438. The minimum Gasteiger partial charge on any atom is -0.368 e. The Kier molecular flexibility index (Phi) is 4.22. The van der Waals surface area contributed by atoms with E-state index in [-0.39, 0.29) is 6.10 Å². The van der Waals surface area contributed by atoms with Crippen LogP contribution in [0.4, 0.5) is 0 Å². The van der Waals surface area contributed by atoms with E-state index >= 15 is 0 Å². The highest BCUT2D eigenvalue weighted by molar-refractivity contribution is 6.30. The standard InChI is InChI=1S/C16H18ClN5O2/c1-10-20-16(24-21-10)15-11(4-5-23-15)6-18-7-13-8-19-14-3-2-12(17)9-22(13)14/h2-3,8-9,11,15,18H,4-7H2,1H3/t11-,15-/m0/s1. The lowest BCUT2D eigenvalue weighted by atomic mass is 10.0. The van der Waals surface area contributed by atoms with Gasteiger partial charge in [-0.15, -0.1) is 0 Å². The summed E-state index contributed by atoms with van der Waals surface area (Å²) in [5.74, 6) is 1.51. The summed E-state index contributed by atoms with van der Waals surface area (Å²) < 4.78 is 13.0. The number of pyridine rings is 1. The summed E-state index contributed by atoms with van der Waals surface area (Å²) in [5.41, 5.74) is 1.95. The van der Waals surface area contributed by atoms with Crippen LogP contribution in [0.1, 0.15) is 29.9 Å². The van der Waals surface area contributed by atoms with Crippen LogP contribution in [-0.4, -0.2) is 32.7 Å². The molecule has 1 saturated heterocycles. The van der Waals surface area contributed by atoms with E-state index in [9.17, 15) is 0 Å². The monoisotopic (exact) mass is 347 g/mol. The molecule has 1 N–H and O–H groups in total.